The number of thiophene rings is 1. The molecule has 0 amide bonds. The number of aryl methyl sites for hydroxylation is 1. The molecule has 3 heteroatoms. The second-order valence-corrected chi connectivity index (χ2v) is 6.61. The molecule has 102 valence electrons. The van der Waals surface area contributed by atoms with Gasteiger partial charge in [0.25, 0.3) is 0 Å². The molecule has 0 saturated heterocycles. The van der Waals surface area contributed by atoms with E-state index < -0.39 is 0 Å². The molecular weight excluding hydrogens is 332 g/mol. The summed E-state index contributed by atoms with van der Waals surface area (Å²) in [5.41, 5.74) is 3.75. The fraction of sp³-hybridized carbons (Fsp3) is 0.176. The van der Waals surface area contributed by atoms with Crippen molar-refractivity contribution in [1.82, 2.24) is 0 Å². The second-order valence-electron chi connectivity index (χ2n) is 4.78. The van der Waals surface area contributed by atoms with Gasteiger partial charge in [-0.05, 0) is 46.5 Å². The van der Waals surface area contributed by atoms with Crippen LogP contribution in [0.25, 0.3) is 10.1 Å². The molecule has 3 rings (SSSR count). The van der Waals surface area contributed by atoms with Crippen molar-refractivity contribution in [2.45, 2.75) is 11.8 Å². The minimum Gasteiger partial charge on any atom is -0.496 e. The molecule has 0 aliphatic carbocycles. The van der Waals surface area contributed by atoms with Crippen LogP contribution in [0, 0.1) is 6.92 Å². The molecule has 0 bridgehead atoms. The molecular formula is C17H15BrOS. The Morgan fingerprint density at radius 2 is 1.95 bits per heavy atom. The number of rotatable bonds is 3. The second kappa shape index (κ2) is 5.58. The van der Waals surface area contributed by atoms with E-state index in [2.05, 4.69) is 64.6 Å². The van der Waals surface area contributed by atoms with Crippen molar-refractivity contribution < 1.29 is 4.74 Å². The number of hydrogen-bond acceptors (Lipinski definition) is 2. The largest absolute Gasteiger partial charge is 0.496 e. The molecule has 2 aromatic carbocycles. The third kappa shape index (κ3) is 2.36. The summed E-state index contributed by atoms with van der Waals surface area (Å²) in [7, 11) is 1.71. The van der Waals surface area contributed by atoms with Crippen LogP contribution in [0.5, 0.6) is 5.75 Å². The molecule has 0 aliphatic heterocycles. The maximum absolute atomic E-state index is 5.33. The molecule has 1 unspecified atom stereocenters. The van der Waals surface area contributed by atoms with E-state index >= 15 is 0 Å². The van der Waals surface area contributed by atoms with E-state index in [1.807, 2.05) is 6.07 Å². The number of methoxy groups -OCH3 is 1. The molecule has 1 heterocycles. The Hall–Kier alpha value is -1.32. The third-order valence-corrected chi connectivity index (χ3v) is 5.50. The number of hydrogen-bond donors (Lipinski definition) is 0. The van der Waals surface area contributed by atoms with Crippen LogP contribution in [-0.2, 0) is 0 Å². The smallest absolute Gasteiger partial charge is 0.121 e. The van der Waals surface area contributed by atoms with E-state index in [0.29, 0.717) is 0 Å². The fourth-order valence-electron chi connectivity index (χ4n) is 2.43. The Balaban J connectivity index is 2.04. The summed E-state index contributed by atoms with van der Waals surface area (Å²) < 4.78 is 6.66. The molecule has 0 fully saturated rings. The molecule has 1 aromatic heterocycles. The first kappa shape index (κ1) is 13.7. The van der Waals surface area contributed by atoms with Gasteiger partial charge in [0.1, 0.15) is 5.75 Å². The normalized spacial score (nSPS) is 12.6. The number of halogens is 1. The van der Waals surface area contributed by atoms with Crippen molar-refractivity contribution >= 4 is 37.4 Å². The quantitative estimate of drug-likeness (QED) is 0.552. The summed E-state index contributed by atoms with van der Waals surface area (Å²) in [4.78, 5) is 0.211. The van der Waals surface area contributed by atoms with E-state index in [4.69, 9.17) is 4.74 Å². The molecule has 0 radical (unpaired) electrons. The van der Waals surface area contributed by atoms with Crippen molar-refractivity contribution in [1.29, 1.82) is 0 Å². The van der Waals surface area contributed by atoms with Gasteiger partial charge in [-0.15, -0.1) is 11.3 Å². The number of alkyl halides is 1. The van der Waals surface area contributed by atoms with Crippen LogP contribution in [0.3, 0.4) is 0 Å². The van der Waals surface area contributed by atoms with Gasteiger partial charge in [-0.25, -0.2) is 0 Å². The van der Waals surface area contributed by atoms with Crippen LogP contribution in [-0.4, -0.2) is 7.11 Å². The van der Waals surface area contributed by atoms with Gasteiger partial charge in [0.2, 0.25) is 0 Å². The van der Waals surface area contributed by atoms with Crippen LogP contribution < -0.4 is 4.74 Å². The highest BCUT2D eigenvalue weighted by Crippen LogP contribution is 2.39. The molecule has 1 nitrogen and oxygen atoms in total. The summed E-state index contributed by atoms with van der Waals surface area (Å²) in [6, 6.07) is 14.9. The molecule has 0 N–H and O–H groups in total. The SMILES string of the molecule is COc1ccc(C(Br)c2csc3ccccc23)cc1C. The van der Waals surface area contributed by atoms with Gasteiger partial charge in [-0.3, -0.25) is 0 Å². The van der Waals surface area contributed by atoms with Gasteiger partial charge < -0.3 is 4.74 Å². The number of ether oxygens (including phenoxy) is 1. The highest BCUT2D eigenvalue weighted by molar-refractivity contribution is 9.09. The Bertz CT molecular complexity index is 748. The number of benzene rings is 2. The maximum atomic E-state index is 5.33. The fourth-order valence-corrected chi connectivity index (χ4v) is 4.26. The van der Waals surface area contributed by atoms with Crippen LogP contribution in [0.4, 0.5) is 0 Å². The van der Waals surface area contributed by atoms with Crippen LogP contribution in [0.15, 0.2) is 47.8 Å². The van der Waals surface area contributed by atoms with Crippen molar-refractivity contribution in [2.24, 2.45) is 0 Å². The monoisotopic (exact) mass is 346 g/mol. The van der Waals surface area contributed by atoms with Gasteiger partial charge in [-0.1, -0.05) is 46.3 Å². The first-order valence-electron chi connectivity index (χ1n) is 6.45. The van der Waals surface area contributed by atoms with Crippen LogP contribution in [0.2, 0.25) is 0 Å². The molecule has 20 heavy (non-hydrogen) atoms. The molecule has 3 aromatic rings. The first-order chi connectivity index (χ1) is 9.70. The minimum atomic E-state index is 0.211. The van der Waals surface area contributed by atoms with Crippen LogP contribution in [0.1, 0.15) is 21.5 Å². The molecule has 0 spiro atoms. The first-order valence-corrected chi connectivity index (χ1v) is 8.25. The predicted molar refractivity (Wildman–Crippen MR) is 90.3 cm³/mol. The predicted octanol–water partition coefficient (Wildman–Crippen LogP) is 5.70. The maximum Gasteiger partial charge on any atom is 0.121 e. The summed E-state index contributed by atoms with van der Waals surface area (Å²) in [6.07, 6.45) is 0. The van der Waals surface area contributed by atoms with Crippen molar-refractivity contribution in [3.8, 4) is 5.75 Å². The van der Waals surface area contributed by atoms with Crippen molar-refractivity contribution in [2.75, 3.05) is 7.11 Å². The topological polar surface area (TPSA) is 9.23 Å². The Morgan fingerprint density at radius 3 is 2.70 bits per heavy atom. The summed E-state index contributed by atoms with van der Waals surface area (Å²) in [5.74, 6) is 0.934. The average molecular weight is 347 g/mol. The average Bonchev–Trinajstić information content (AvgIpc) is 2.90. The van der Waals surface area contributed by atoms with E-state index in [1.54, 1.807) is 18.4 Å². The Labute approximate surface area is 131 Å². The van der Waals surface area contributed by atoms with E-state index in [1.165, 1.54) is 21.2 Å². The summed E-state index contributed by atoms with van der Waals surface area (Å²) >= 11 is 5.63. The lowest BCUT2D eigenvalue weighted by Crippen LogP contribution is -1.94. The third-order valence-electron chi connectivity index (χ3n) is 3.50. The molecule has 0 saturated carbocycles. The standard InChI is InChI=1S/C17H15BrOS/c1-11-9-12(7-8-15(11)19-2)17(18)14-10-20-16-6-4-3-5-13(14)16/h3-10,17H,1-2H3. The Morgan fingerprint density at radius 1 is 1.15 bits per heavy atom. The molecule has 1 atom stereocenters. The van der Waals surface area contributed by atoms with Crippen LogP contribution >= 0.6 is 27.3 Å². The zero-order valence-corrected chi connectivity index (χ0v) is 13.8. The van der Waals surface area contributed by atoms with Crippen molar-refractivity contribution in [3.05, 3.63) is 64.5 Å². The molecule has 0 aliphatic rings. The van der Waals surface area contributed by atoms with Gasteiger partial charge in [-0.2, -0.15) is 0 Å². The number of fused-ring (bicyclic) bond motifs is 1. The lowest BCUT2D eigenvalue weighted by molar-refractivity contribution is 0.411. The minimum absolute atomic E-state index is 0.211. The lowest BCUT2D eigenvalue weighted by Gasteiger charge is -2.12. The van der Waals surface area contributed by atoms with Gasteiger partial charge >= 0.3 is 0 Å². The Kier molecular flexibility index (Phi) is 3.81. The van der Waals surface area contributed by atoms with Crippen molar-refractivity contribution in [3.63, 3.8) is 0 Å². The lowest BCUT2D eigenvalue weighted by atomic mass is 10.0. The van der Waals surface area contributed by atoms with Gasteiger partial charge in [0.15, 0.2) is 0 Å². The van der Waals surface area contributed by atoms with E-state index in [9.17, 15) is 0 Å². The zero-order chi connectivity index (χ0) is 14.1. The zero-order valence-electron chi connectivity index (χ0n) is 11.4. The van der Waals surface area contributed by atoms with E-state index in [-0.39, 0.29) is 4.83 Å². The van der Waals surface area contributed by atoms with Gasteiger partial charge in [0, 0.05) is 4.70 Å². The highest BCUT2D eigenvalue weighted by Gasteiger charge is 2.15. The van der Waals surface area contributed by atoms with E-state index in [0.717, 1.165) is 11.3 Å². The summed E-state index contributed by atoms with van der Waals surface area (Å²) in [5, 5.41) is 3.57. The van der Waals surface area contributed by atoms with Gasteiger partial charge in [0.05, 0.1) is 11.9 Å². The summed E-state index contributed by atoms with van der Waals surface area (Å²) in [6.45, 7) is 2.08. The highest BCUT2D eigenvalue weighted by atomic mass is 79.9.